The molecule has 0 N–H and O–H groups in total. The number of hydrogen-bond donors (Lipinski definition) is 0. The van der Waals surface area contributed by atoms with Gasteiger partial charge in [0.15, 0.2) is 5.78 Å². The third kappa shape index (κ3) is 3.92. The Kier molecular flexibility index (Phi) is 6.35. The number of Topliss-reactive ketones (excluding diaryl/α,β-unsaturated/α-hetero) is 1. The van der Waals surface area contributed by atoms with Crippen LogP contribution in [0.4, 0.5) is 0 Å². The van der Waals surface area contributed by atoms with Crippen molar-refractivity contribution < 1.29 is 14.3 Å². The van der Waals surface area contributed by atoms with Crippen LogP contribution in [0.25, 0.3) is 0 Å². The minimum Gasteiger partial charge on any atom is -0.462 e. The van der Waals surface area contributed by atoms with Crippen LogP contribution in [0.2, 0.25) is 0 Å². The van der Waals surface area contributed by atoms with Crippen LogP contribution in [0, 0.1) is 0 Å². The quantitative estimate of drug-likeness (QED) is 0.541. The van der Waals surface area contributed by atoms with E-state index in [1.54, 1.807) is 6.92 Å². The Morgan fingerprint density at radius 2 is 1.52 bits per heavy atom. The van der Waals surface area contributed by atoms with Crippen LogP contribution in [0.3, 0.4) is 0 Å². The SMILES string of the molecule is CCOC(=O)C1=C(C)CCC(C)=C1C(=O)c1ccc(CC)c(CC)c1. The van der Waals surface area contributed by atoms with Gasteiger partial charge < -0.3 is 4.74 Å². The Balaban J connectivity index is 2.50. The molecule has 0 aromatic heterocycles. The molecule has 1 aliphatic carbocycles. The molecule has 0 saturated carbocycles. The molecule has 0 saturated heterocycles. The van der Waals surface area contributed by atoms with E-state index in [0.717, 1.165) is 36.8 Å². The number of rotatable bonds is 6. The second-order valence-corrected chi connectivity index (χ2v) is 6.55. The summed E-state index contributed by atoms with van der Waals surface area (Å²) in [6, 6.07) is 5.90. The fourth-order valence-corrected chi connectivity index (χ4v) is 3.42. The minimum atomic E-state index is -0.386. The third-order valence-electron chi connectivity index (χ3n) is 4.92. The number of carbonyl (C=O) groups is 2. The van der Waals surface area contributed by atoms with E-state index >= 15 is 0 Å². The highest BCUT2D eigenvalue weighted by Gasteiger charge is 2.29. The standard InChI is InChI=1S/C22H28O3/c1-6-16-11-12-18(13-17(16)7-2)21(23)19-14(4)9-10-15(5)20(19)22(24)25-8-3/h11-13H,6-10H2,1-5H3. The molecule has 0 atom stereocenters. The van der Waals surface area contributed by atoms with Gasteiger partial charge in [0.1, 0.15) is 0 Å². The zero-order chi connectivity index (χ0) is 18.6. The van der Waals surface area contributed by atoms with Crippen molar-refractivity contribution >= 4 is 11.8 Å². The first-order valence-corrected chi connectivity index (χ1v) is 9.17. The maximum Gasteiger partial charge on any atom is 0.338 e. The molecule has 25 heavy (non-hydrogen) atoms. The Bertz CT molecular complexity index is 751. The van der Waals surface area contributed by atoms with Gasteiger partial charge in [0, 0.05) is 11.1 Å². The molecule has 2 rings (SSSR count). The van der Waals surface area contributed by atoms with Crippen molar-refractivity contribution in [3.8, 4) is 0 Å². The predicted molar refractivity (Wildman–Crippen MR) is 101 cm³/mol. The highest BCUT2D eigenvalue weighted by molar-refractivity contribution is 6.18. The van der Waals surface area contributed by atoms with E-state index in [1.165, 1.54) is 11.1 Å². The predicted octanol–water partition coefficient (Wildman–Crippen LogP) is 4.98. The second-order valence-electron chi connectivity index (χ2n) is 6.55. The fraction of sp³-hybridized carbons (Fsp3) is 0.455. The fourth-order valence-electron chi connectivity index (χ4n) is 3.42. The Hall–Kier alpha value is -2.16. The van der Waals surface area contributed by atoms with Gasteiger partial charge in [-0.15, -0.1) is 0 Å². The Labute approximate surface area is 150 Å². The molecule has 0 unspecified atom stereocenters. The van der Waals surface area contributed by atoms with Gasteiger partial charge in [0.2, 0.25) is 0 Å². The lowest BCUT2D eigenvalue weighted by Gasteiger charge is -2.22. The molecule has 0 fully saturated rings. The molecule has 134 valence electrons. The minimum absolute atomic E-state index is 0.0723. The molecule has 3 nitrogen and oxygen atoms in total. The van der Waals surface area contributed by atoms with E-state index in [-0.39, 0.29) is 11.8 Å². The van der Waals surface area contributed by atoms with Gasteiger partial charge in [-0.25, -0.2) is 4.79 Å². The number of hydrogen-bond acceptors (Lipinski definition) is 3. The van der Waals surface area contributed by atoms with Crippen LogP contribution < -0.4 is 0 Å². The van der Waals surface area contributed by atoms with Gasteiger partial charge in [-0.3, -0.25) is 4.79 Å². The van der Waals surface area contributed by atoms with Gasteiger partial charge in [0.25, 0.3) is 0 Å². The number of esters is 1. The van der Waals surface area contributed by atoms with Gasteiger partial charge in [0.05, 0.1) is 12.2 Å². The number of aryl methyl sites for hydroxylation is 2. The molecular formula is C22H28O3. The van der Waals surface area contributed by atoms with Gasteiger partial charge in [-0.1, -0.05) is 37.1 Å². The highest BCUT2D eigenvalue weighted by Crippen LogP contribution is 2.33. The van der Waals surface area contributed by atoms with Crippen molar-refractivity contribution in [1.82, 2.24) is 0 Å². The van der Waals surface area contributed by atoms with Gasteiger partial charge in [-0.2, -0.15) is 0 Å². The first-order valence-electron chi connectivity index (χ1n) is 9.17. The van der Waals surface area contributed by atoms with Crippen LogP contribution in [-0.2, 0) is 22.4 Å². The molecule has 0 radical (unpaired) electrons. The summed E-state index contributed by atoms with van der Waals surface area (Å²) in [7, 11) is 0. The summed E-state index contributed by atoms with van der Waals surface area (Å²) in [5.74, 6) is -0.458. The van der Waals surface area contributed by atoms with Crippen LogP contribution in [-0.4, -0.2) is 18.4 Å². The highest BCUT2D eigenvalue weighted by atomic mass is 16.5. The topological polar surface area (TPSA) is 43.4 Å². The van der Waals surface area contributed by atoms with Crippen LogP contribution in [0.5, 0.6) is 0 Å². The third-order valence-corrected chi connectivity index (χ3v) is 4.92. The number of ether oxygens (including phenoxy) is 1. The van der Waals surface area contributed by atoms with Crippen molar-refractivity contribution in [3.63, 3.8) is 0 Å². The zero-order valence-corrected chi connectivity index (χ0v) is 16.0. The second kappa shape index (κ2) is 8.28. The number of benzene rings is 1. The summed E-state index contributed by atoms with van der Waals surface area (Å²) in [6.45, 7) is 10.2. The van der Waals surface area contributed by atoms with Gasteiger partial charge in [-0.05, 0) is 63.6 Å². The molecule has 1 aliphatic rings. The molecule has 1 aromatic carbocycles. The maximum absolute atomic E-state index is 13.2. The molecule has 0 heterocycles. The number of allylic oxidation sites excluding steroid dienone is 2. The smallest absolute Gasteiger partial charge is 0.338 e. The number of carbonyl (C=O) groups excluding carboxylic acids is 2. The molecule has 1 aromatic rings. The normalized spacial score (nSPS) is 14.8. The molecule has 0 spiro atoms. The summed E-state index contributed by atoms with van der Waals surface area (Å²) in [5.41, 5.74) is 6.03. The van der Waals surface area contributed by atoms with Crippen molar-refractivity contribution in [2.24, 2.45) is 0 Å². The number of ketones is 1. The lowest BCUT2D eigenvalue weighted by molar-refractivity contribution is -0.138. The lowest BCUT2D eigenvalue weighted by atomic mass is 9.82. The van der Waals surface area contributed by atoms with E-state index in [2.05, 4.69) is 13.8 Å². The molecule has 0 aliphatic heterocycles. The van der Waals surface area contributed by atoms with E-state index in [9.17, 15) is 9.59 Å². The van der Waals surface area contributed by atoms with E-state index in [0.29, 0.717) is 23.3 Å². The molecule has 0 bridgehead atoms. The van der Waals surface area contributed by atoms with Crippen LogP contribution in [0.15, 0.2) is 40.5 Å². The van der Waals surface area contributed by atoms with Crippen molar-refractivity contribution in [1.29, 1.82) is 0 Å². The zero-order valence-electron chi connectivity index (χ0n) is 16.0. The van der Waals surface area contributed by atoms with Crippen molar-refractivity contribution in [2.45, 2.75) is 60.3 Å². The van der Waals surface area contributed by atoms with Crippen molar-refractivity contribution in [3.05, 3.63) is 57.2 Å². The maximum atomic E-state index is 13.2. The summed E-state index contributed by atoms with van der Waals surface area (Å²) < 4.78 is 5.21. The average Bonchev–Trinajstić information content (AvgIpc) is 2.62. The molecule has 3 heteroatoms. The van der Waals surface area contributed by atoms with Gasteiger partial charge >= 0.3 is 5.97 Å². The first kappa shape index (κ1) is 19.2. The first-order chi connectivity index (χ1) is 11.9. The van der Waals surface area contributed by atoms with E-state index in [4.69, 9.17) is 4.74 Å². The average molecular weight is 340 g/mol. The molecule has 0 amide bonds. The molecular weight excluding hydrogens is 312 g/mol. The largest absolute Gasteiger partial charge is 0.462 e. The van der Waals surface area contributed by atoms with Crippen molar-refractivity contribution in [2.75, 3.05) is 6.61 Å². The lowest BCUT2D eigenvalue weighted by Crippen LogP contribution is -2.21. The van der Waals surface area contributed by atoms with E-state index < -0.39 is 0 Å². The monoisotopic (exact) mass is 340 g/mol. The Morgan fingerprint density at radius 3 is 2.08 bits per heavy atom. The van der Waals surface area contributed by atoms with E-state index in [1.807, 2.05) is 32.0 Å². The Morgan fingerprint density at radius 1 is 0.920 bits per heavy atom. The van der Waals surface area contributed by atoms with Crippen LogP contribution >= 0.6 is 0 Å². The summed E-state index contributed by atoms with van der Waals surface area (Å²) in [6.07, 6.45) is 3.45. The summed E-state index contributed by atoms with van der Waals surface area (Å²) in [4.78, 5) is 25.7. The summed E-state index contributed by atoms with van der Waals surface area (Å²) >= 11 is 0. The van der Waals surface area contributed by atoms with Crippen LogP contribution in [0.1, 0.15) is 68.9 Å². The summed E-state index contributed by atoms with van der Waals surface area (Å²) in [5, 5.41) is 0.